The van der Waals surface area contributed by atoms with E-state index in [4.69, 9.17) is 4.74 Å². The van der Waals surface area contributed by atoms with Gasteiger partial charge in [-0.2, -0.15) is 5.10 Å². The molecule has 4 heteroatoms. The molecule has 21 heavy (non-hydrogen) atoms. The Morgan fingerprint density at radius 3 is 2.86 bits per heavy atom. The standard InChI is InChI=1S/C17H23N3O/c1-12-13(11-20(4)19-12)10-18-15-9-17(2,3)21-16-8-6-5-7-14(15)16/h5-8,11,15,18H,9-10H2,1-4H3. The summed E-state index contributed by atoms with van der Waals surface area (Å²) >= 11 is 0. The molecule has 3 rings (SSSR count). The zero-order valence-electron chi connectivity index (χ0n) is 13.2. The summed E-state index contributed by atoms with van der Waals surface area (Å²) in [5.74, 6) is 0.995. The van der Waals surface area contributed by atoms with Crippen molar-refractivity contribution in [2.24, 2.45) is 7.05 Å². The highest BCUT2D eigenvalue weighted by molar-refractivity contribution is 5.38. The van der Waals surface area contributed by atoms with Crippen molar-refractivity contribution in [3.63, 3.8) is 0 Å². The Hall–Kier alpha value is -1.81. The van der Waals surface area contributed by atoms with E-state index >= 15 is 0 Å². The second-order valence-electron chi connectivity index (χ2n) is 6.45. The van der Waals surface area contributed by atoms with E-state index in [1.54, 1.807) is 0 Å². The van der Waals surface area contributed by atoms with Crippen LogP contribution in [0.2, 0.25) is 0 Å². The lowest BCUT2D eigenvalue weighted by Crippen LogP contribution is -2.39. The summed E-state index contributed by atoms with van der Waals surface area (Å²) in [4.78, 5) is 0. The van der Waals surface area contributed by atoms with Crippen LogP contribution < -0.4 is 10.1 Å². The molecular weight excluding hydrogens is 262 g/mol. The van der Waals surface area contributed by atoms with Crippen LogP contribution in [0.1, 0.15) is 43.1 Å². The number of nitrogens with zero attached hydrogens (tertiary/aromatic N) is 2. The zero-order chi connectivity index (χ0) is 15.0. The van der Waals surface area contributed by atoms with Crippen LogP contribution in [0.4, 0.5) is 0 Å². The zero-order valence-corrected chi connectivity index (χ0v) is 13.2. The number of fused-ring (bicyclic) bond motifs is 1. The van der Waals surface area contributed by atoms with Crippen molar-refractivity contribution in [3.8, 4) is 5.75 Å². The van der Waals surface area contributed by atoms with Gasteiger partial charge in [0.2, 0.25) is 0 Å². The van der Waals surface area contributed by atoms with E-state index in [-0.39, 0.29) is 5.60 Å². The third-order valence-electron chi connectivity index (χ3n) is 4.03. The summed E-state index contributed by atoms with van der Waals surface area (Å²) in [5.41, 5.74) is 3.44. The molecule has 0 spiro atoms. The van der Waals surface area contributed by atoms with Gasteiger partial charge in [-0.1, -0.05) is 18.2 Å². The lowest BCUT2D eigenvalue weighted by molar-refractivity contribution is 0.0657. The van der Waals surface area contributed by atoms with Crippen molar-refractivity contribution in [2.45, 2.75) is 45.4 Å². The minimum absolute atomic E-state index is 0.143. The number of nitrogens with one attached hydrogen (secondary N) is 1. The Morgan fingerprint density at radius 1 is 1.38 bits per heavy atom. The Bertz CT molecular complexity index is 645. The molecule has 0 bridgehead atoms. The molecule has 1 N–H and O–H groups in total. The first-order chi connectivity index (χ1) is 9.94. The molecule has 1 aliphatic heterocycles. The molecule has 1 atom stereocenters. The van der Waals surface area contributed by atoms with Gasteiger partial charge in [-0.3, -0.25) is 4.68 Å². The van der Waals surface area contributed by atoms with E-state index in [1.165, 1.54) is 11.1 Å². The summed E-state index contributed by atoms with van der Waals surface area (Å²) < 4.78 is 7.94. The number of hydrogen-bond acceptors (Lipinski definition) is 3. The Labute approximate surface area is 126 Å². The number of rotatable bonds is 3. The molecule has 0 aliphatic carbocycles. The van der Waals surface area contributed by atoms with Crippen LogP contribution in [0.5, 0.6) is 5.75 Å². The van der Waals surface area contributed by atoms with E-state index in [1.807, 2.05) is 17.8 Å². The van der Waals surface area contributed by atoms with Gasteiger partial charge in [0, 0.05) is 43.4 Å². The second kappa shape index (κ2) is 5.19. The molecule has 2 heterocycles. The van der Waals surface area contributed by atoms with Crippen LogP contribution in [-0.2, 0) is 13.6 Å². The molecule has 0 radical (unpaired) electrons. The molecule has 1 unspecified atom stereocenters. The average molecular weight is 285 g/mol. The monoisotopic (exact) mass is 285 g/mol. The third kappa shape index (κ3) is 2.95. The maximum atomic E-state index is 6.07. The van der Waals surface area contributed by atoms with Crippen molar-refractivity contribution in [3.05, 3.63) is 47.3 Å². The van der Waals surface area contributed by atoms with E-state index in [9.17, 15) is 0 Å². The molecule has 112 valence electrons. The summed E-state index contributed by atoms with van der Waals surface area (Å²) in [6.07, 6.45) is 3.04. The highest BCUT2D eigenvalue weighted by atomic mass is 16.5. The maximum Gasteiger partial charge on any atom is 0.124 e. The van der Waals surface area contributed by atoms with Gasteiger partial charge in [0.05, 0.1) is 5.69 Å². The van der Waals surface area contributed by atoms with Gasteiger partial charge in [0.15, 0.2) is 0 Å². The van der Waals surface area contributed by atoms with Crippen molar-refractivity contribution in [1.29, 1.82) is 0 Å². The Balaban J connectivity index is 1.80. The quantitative estimate of drug-likeness (QED) is 0.941. The first-order valence-corrected chi connectivity index (χ1v) is 7.45. The lowest BCUT2D eigenvalue weighted by Gasteiger charge is -2.38. The highest BCUT2D eigenvalue weighted by Gasteiger charge is 2.33. The van der Waals surface area contributed by atoms with Gasteiger partial charge in [-0.15, -0.1) is 0 Å². The second-order valence-corrected chi connectivity index (χ2v) is 6.45. The molecule has 0 saturated heterocycles. The molecule has 2 aromatic rings. The SMILES string of the molecule is Cc1nn(C)cc1CNC1CC(C)(C)Oc2ccccc21. The topological polar surface area (TPSA) is 39.1 Å². The van der Waals surface area contributed by atoms with Crippen molar-refractivity contribution in [2.75, 3.05) is 0 Å². The predicted octanol–water partition coefficient (Wildman–Crippen LogP) is 3.12. The van der Waals surface area contributed by atoms with Crippen LogP contribution in [0.15, 0.2) is 30.5 Å². The number of hydrogen-bond donors (Lipinski definition) is 1. The van der Waals surface area contributed by atoms with Crippen molar-refractivity contribution in [1.82, 2.24) is 15.1 Å². The smallest absolute Gasteiger partial charge is 0.124 e. The Kier molecular flexibility index (Phi) is 3.49. The van der Waals surface area contributed by atoms with Gasteiger partial charge >= 0.3 is 0 Å². The van der Waals surface area contributed by atoms with Crippen LogP contribution in [0, 0.1) is 6.92 Å². The third-order valence-corrected chi connectivity index (χ3v) is 4.03. The van der Waals surface area contributed by atoms with E-state index in [2.05, 4.69) is 55.6 Å². The Morgan fingerprint density at radius 2 is 2.14 bits per heavy atom. The lowest BCUT2D eigenvalue weighted by atomic mass is 9.89. The first kappa shape index (κ1) is 14.1. The molecule has 0 saturated carbocycles. The molecule has 1 aliphatic rings. The number of ether oxygens (including phenoxy) is 1. The van der Waals surface area contributed by atoms with Crippen molar-refractivity contribution < 1.29 is 4.74 Å². The predicted molar refractivity (Wildman–Crippen MR) is 83.3 cm³/mol. The number of benzene rings is 1. The highest BCUT2D eigenvalue weighted by Crippen LogP contribution is 2.39. The fraction of sp³-hybridized carbons (Fsp3) is 0.471. The van der Waals surface area contributed by atoms with E-state index in [0.29, 0.717) is 6.04 Å². The molecule has 4 nitrogen and oxygen atoms in total. The molecule has 1 aromatic carbocycles. The summed E-state index contributed by atoms with van der Waals surface area (Å²) in [5, 5.41) is 8.07. The van der Waals surface area contributed by atoms with Crippen LogP contribution in [0.25, 0.3) is 0 Å². The fourth-order valence-corrected chi connectivity index (χ4v) is 3.04. The average Bonchev–Trinajstić information content (AvgIpc) is 2.73. The first-order valence-electron chi connectivity index (χ1n) is 7.45. The number of aryl methyl sites for hydroxylation is 2. The summed E-state index contributed by atoms with van der Waals surface area (Å²) in [6.45, 7) is 7.17. The minimum Gasteiger partial charge on any atom is -0.487 e. The fourth-order valence-electron chi connectivity index (χ4n) is 3.04. The largest absolute Gasteiger partial charge is 0.487 e. The van der Waals surface area contributed by atoms with Crippen molar-refractivity contribution >= 4 is 0 Å². The number of para-hydroxylation sites is 1. The van der Waals surface area contributed by atoms with Crippen LogP contribution in [0.3, 0.4) is 0 Å². The molecule has 1 aromatic heterocycles. The minimum atomic E-state index is -0.143. The number of aromatic nitrogens is 2. The van der Waals surface area contributed by atoms with Crippen LogP contribution >= 0.6 is 0 Å². The summed E-state index contributed by atoms with van der Waals surface area (Å²) in [7, 11) is 1.96. The maximum absolute atomic E-state index is 6.07. The van der Waals surface area contributed by atoms with Gasteiger partial charge in [-0.25, -0.2) is 0 Å². The van der Waals surface area contributed by atoms with Crippen LogP contribution in [-0.4, -0.2) is 15.4 Å². The van der Waals surface area contributed by atoms with Gasteiger partial charge in [0.25, 0.3) is 0 Å². The van der Waals surface area contributed by atoms with E-state index < -0.39 is 0 Å². The summed E-state index contributed by atoms with van der Waals surface area (Å²) in [6, 6.07) is 8.62. The molecule has 0 fully saturated rings. The normalized spacial score (nSPS) is 19.9. The van der Waals surface area contributed by atoms with Gasteiger partial charge in [0.1, 0.15) is 11.4 Å². The van der Waals surface area contributed by atoms with Gasteiger partial charge in [-0.05, 0) is 26.8 Å². The molecular formula is C17H23N3O. The van der Waals surface area contributed by atoms with Gasteiger partial charge < -0.3 is 10.1 Å². The molecule has 0 amide bonds. The van der Waals surface area contributed by atoms with E-state index in [0.717, 1.165) is 24.4 Å².